The first-order valence-corrected chi connectivity index (χ1v) is 14.9. The van der Waals surface area contributed by atoms with Crippen molar-refractivity contribution in [1.29, 1.82) is 0 Å². The highest BCUT2D eigenvalue weighted by Crippen LogP contribution is 2.38. The molecule has 7 rings (SSSR count). The zero-order valence-electron chi connectivity index (χ0n) is 22.2. The lowest BCUT2D eigenvalue weighted by atomic mass is 10.0. The third-order valence-electron chi connectivity index (χ3n) is 7.78. The van der Waals surface area contributed by atoms with Crippen LogP contribution in [0.4, 0.5) is 4.39 Å². The fraction of sp³-hybridized carbons (Fsp3) is 0.300. The van der Waals surface area contributed by atoms with E-state index in [1.54, 1.807) is 12.1 Å². The molecule has 40 heavy (non-hydrogen) atoms. The van der Waals surface area contributed by atoms with Crippen LogP contribution < -0.4 is 0 Å². The monoisotopic (exact) mass is 556 g/mol. The smallest absolute Gasteiger partial charge is 0.230 e. The Kier molecular flexibility index (Phi) is 6.53. The number of rotatable bonds is 6. The molecular formula is C30H29FN6O2S. The van der Waals surface area contributed by atoms with Crippen LogP contribution in [-0.2, 0) is 17.3 Å². The molecule has 2 aromatic carbocycles. The summed E-state index contributed by atoms with van der Waals surface area (Å²) < 4.78 is 33.6. The van der Waals surface area contributed by atoms with Crippen LogP contribution in [-0.4, -0.2) is 78.5 Å². The molecule has 0 bridgehead atoms. The summed E-state index contributed by atoms with van der Waals surface area (Å²) >= 11 is 0. The molecule has 0 aliphatic carbocycles. The number of furan rings is 1. The molecule has 0 saturated carbocycles. The van der Waals surface area contributed by atoms with Crippen LogP contribution >= 0.6 is 0 Å². The Hall–Kier alpha value is -3.73. The zero-order chi connectivity index (χ0) is 27.2. The van der Waals surface area contributed by atoms with E-state index >= 15 is 0 Å². The lowest BCUT2D eigenvalue weighted by Crippen LogP contribution is -2.43. The number of likely N-dealkylation sites (N-methyl/N-ethyl adjacent to an activating group) is 1. The van der Waals surface area contributed by atoms with Gasteiger partial charge in [-0.15, -0.1) is 0 Å². The van der Waals surface area contributed by atoms with E-state index in [9.17, 15) is 8.60 Å². The summed E-state index contributed by atoms with van der Waals surface area (Å²) in [5.74, 6) is 1.56. The van der Waals surface area contributed by atoms with E-state index in [1.165, 1.54) is 24.0 Å². The predicted octanol–water partition coefficient (Wildman–Crippen LogP) is 4.61. The minimum atomic E-state index is -0.815. The van der Waals surface area contributed by atoms with Crippen molar-refractivity contribution in [3.8, 4) is 33.8 Å². The van der Waals surface area contributed by atoms with Gasteiger partial charge in [0.05, 0.1) is 17.1 Å². The first-order chi connectivity index (χ1) is 19.5. The molecule has 8 nitrogen and oxygen atoms in total. The molecule has 204 valence electrons. The van der Waals surface area contributed by atoms with Crippen LogP contribution in [0.5, 0.6) is 0 Å². The maximum absolute atomic E-state index is 13.7. The van der Waals surface area contributed by atoms with E-state index in [-0.39, 0.29) is 11.9 Å². The molecule has 10 heteroatoms. The summed E-state index contributed by atoms with van der Waals surface area (Å²) in [5.41, 5.74) is 5.69. The molecule has 0 atom stereocenters. The Morgan fingerprint density at radius 1 is 0.975 bits per heavy atom. The van der Waals surface area contributed by atoms with Gasteiger partial charge in [0.15, 0.2) is 0 Å². The number of hydrogen-bond donors (Lipinski definition) is 0. The van der Waals surface area contributed by atoms with Crippen molar-refractivity contribution in [2.45, 2.75) is 12.6 Å². The molecule has 2 fully saturated rings. The summed E-state index contributed by atoms with van der Waals surface area (Å²) in [5, 5.41) is 5.63. The minimum Gasteiger partial charge on any atom is -0.438 e. The van der Waals surface area contributed by atoms with Crippen molar-refractivity contribution in [3.63, 3.8) is 0 Å². The van der Waals surface area contributed by atoms with Crippen molar-refractivity contribution >= 4 is 21.9 Å². The molecule has 0 radical (unpaired) electrons. The molecule has 5 heterocycles. The normalized spacial score (nSPS) is 20.1. The first-order valence-electron chi connectivity index (χ1n) is 13.5. The second-order valence-corrected chi connectivity index (χ2v) is 12.2. The van der Waals surface area contributed by atoms with Crippen LogP contribution in [0.3, 0.4) is 0 Å². The number of nitrogens with zero attached hydrogens (tertiary/aromatic N) is 6. The van der Waals surface area contributed by atoms with Gasteiger partial charge in [0, 0.05) is 77.9 Å². The molecular weight excluding hydrogens is 527 g/mol. The topological polar surface area (TPSA) is 80.3 Å². The fourth-order valence-corrected chi connectivity index (χ4v) is 6.47. The average molecular weight is 557 g/mol. The predicted molar refractivity (Wildman–Crippen MR) is 154 cm³/mol. The van der Waals surface area contributed by atoms with Crippen LogP contribution in [0.2, 0.25) is 0 Å². The summed E-state index contributed by atoms with van der Waals surface area (Å²) in [4.78, 5) is 13.9. The highest BCUT2D eigenvalue weighted by molar-refractivity contribution is 7.86. The van der Waals surface area contributed by atoms with Crippen LogP contribution in [0.25, 0.3) is 44.9 Å². The van der Waals surface area contributed by atoms with E-state index in [0.717, 1.165) is 60.6 Å². The Balaban J connectivity index is 1.26. The summed E-state index contributed by atoms with van der Waals surface area (Å²) in [6, 6.07) is 16.8. The Morgan fingerprint density at radius 3 is 2.55 bits per heavy atom. The second kappa shape index (κ2) is 10.3. The van der Waals surface area contributed by atoms with Gasteiger partial charge in [-0.05, 0) is 49.0 Å². The van der Waals surface area contributed by atoms with Crippen LogP contribution in [0.15, 0.2) is 71.5 Å². The summed E-state index contributed by atoms with van der Waals surface area (Å²) in [7, 11) is 1.35. The van der Waals surface area contributed by atoms with E-state index in [1.807, 2.05) is 16.9 Å². The number of halogens is 1. The van der Waals surface area contributed by atoms with E-state index in [0.29, 0.717) is 28.6 Å². The number of benzene rings is 2. The van der Waals surface area contributed by atoms with Gasteiger partial charge in [-0.3, -0.25) is 13.8 Å². The van der Waals surface area contributed by atoms with Gasteiger partial charge < -0.3 is 9.32 Å². The Bertz CT molecular complexity index is 1700. The first kappa shape index (κ1) is 25.3. The lowest BCUT2D eigenvalue weighted by Gasteiger charge is -2.32. The molecule has 0 N–H and O–H groups in total. The van der Waals surface area contributed by atoms with Crippen molar-refractivity contribution < 1.29 is 13.0 Å². The minimum absolute atomic E-state index is 0.0639. The van der Waals surface area contributed by atoms with Gasteiger partial charge in [0.2, 0.25) is 5.71 Å². The number of hydrogen-bond acceptors (Lipinski definition) is 7. The van der Waals surface area contributed by atoms with Gasteiger partial charge in [-0.1, -0.05) is 18.2 Å². The summed E-state index contributed by atoms with van der Waals surface area (Å²) in [6.45, 7) is 5.19. The third kappa shape index (κ3) is 4.87. The molecule has 5 aromatic rings. The third-order valence-corrected chi connectivity index (χ3v) is 9.29. The fourth-order valence-electron chi connectivity index (χ4n) is 5.41. The van der Waals surface area contributed by atoms with Gasteiger partial charge in [0.25, 0.3) is 0 Å². The highest BCUT2D eigenvalue weighted by atomic mass is 32.2. The Morgan fingerprint density at radius 2 is 1.77 bits per heavy atom. The maximum atomic E-state index is 13.7. The Labute approximate surface area is 233 Å². The quantitative estimate of drug-likeness (QED) is 0.302. The molecule has 0 spiro atoms. The molecule has 2 aliphatic rings. The standard InChI is InChI=1S/C30H29FN6O2S/c1-35-9-11-36(12-10-35)15-20-3-2-4-22(13-20)27-14-25-29(32-19-33-30(25)39-27)26-16-37(24-17-40(38)18-24)34-28(26)21-5-7-23(31)8-6-21/h2-8,13-14,16,19,24H,9-12,15,17-18H2,1H3. The van der Waals surface area contributed by atoms with Gasteiger partial charge in [-0.25, -0.2) is 14.4 Å². The number of piperazine rings is 1. The molecule has 0 amide bonds. The lowest BCUT2D eigenvalue weighted by molar-refractivity contribution is 0.148. The van der Waals surface area contributed by atoms with Gasteiger partial charge >= 0.3 is 0 Å². The number of aromatic nitrogens is 4. The van der Waals surface area contributed by atoms with Crippen LogP contribution in [0, 0.1) is 5.82 Å². The average Bonchev–Trinajstić information content (AvgIpc) is 3.58. The van der Waals surface area contributed by atoms with Gasteiger partial charge in [0.1, 0.15) is 23.6 Å². The summed E-state index contributed by atoms with van der Waals surface area (Å²) in [6.07, 6.45) is 3.45. The maximum Gasteiger partial charge on any atom is 0.230 e. The number of fused-ring (bicyclic) bond motifs is 1. The second-order valence-electron chi connectivity index (χ2n) is 10.6. The van der Waals surface area contributed by atoms with Crippen molar-refractivity contribution in [2.24, 2.45) is 0 Å². The molecule has 3 aromatic heterocycles. The van der Waals surface area contributed by atoms with Crippen molar-refractivity contribution in [3.05, 3.63) is 78.5 Å². The van der Waals surface area contributed by atoms with E-state index in [4.69, 9.17) is 9.52 Å². The molecule has 0 unspecified atom stereocenters. The van der Waals surface area contributed by atoms with Crippen LogP contribution in [0.1, 0.15) is 11.6 Å². The van der Waals surface area contributed by atoms with Crippen molar-refractivity contribution in [1.82, 2.24) is 29.5 Å². The van der Waals surface area contributed by atoms with E-state index in [2.05, 4.69) is 51.1 Å². The molecule has 2 aliphatic heterocycles. The van der Waals surface area contributed by atoms with Gasteiger partial charge in [-0.2, -0.15) is 5.10 Å². The SMILES string of the molecule is CN1CCN(Cc2cccc(-c3cc4c(-c5cn(C6CS(=O)C6)nc5-c5ccc(F)cc5)ncnc4o3)c2)CC1. The van der Waals surface area contributed by atoms with E-state index < -0.39 is 10.8 Å². The van der Waals surface area contributed by atoms with Crippen molar-refractivity contribution in [2.75, 3.05) is 44.7 Å². The zero-order valence-corrected chi connectivity index (χ0v) is 23.0. The molecule has 2 saturated heterocycles. The largest absolute Gasteiger partial charge is 0.438 e. The highest BCUT2D eigenvalue weighted by Gasteiger charge is 2.30.